The van der Waals surface area contributed by atoms with E-state index in [1.54, 1.807) is 11.8 Å². The van der Waals surface area contributed by atoms with Crippen LogP contribution in [0.3, 0.4) is 0 Å². The fourth-order valence-corrected chi connectivity index (χ4v) is 3.32. The molecule has 0 saturated heterocycles. The van der Waals surface area contributed by atoms with Crippen molar-refractivity contribution < 1.29 is 0 Å². The summed E-state index contributed by atoms with van der Waals surface area (Å²) in [6.07, 6.45) is 0. The largest absolute Gasteiger partial charge is 0.274 e. The van der Waals surface area contributed by atoms with E-state index in [1.807, 2.05) is 18.2 Å². The summed E-state index contributed by atoms with van der Waals surface area (Å²) < 4.78 is 2.17. The zero-order valence-electron chi connectivity index (χ0n) is 13.7. The topological polar surface area (TPSA) is 30.7 Å². The molecule has 0 saturated carbocycles. The predicted molar refractivity (Wildman–Crippen MR) is 96.2 cm³/mol. The van der Waals surface area contributed by atoms with E-state index in [0.29, 0.717) is 5.92 Å². The molecule has 2 aromatic carbocycles. The van der Waals surface area contributed by atoms with Gasteiger partial charge in [0.1, 0.15) is 5.82 Å². The number of aryl methyl sites for hydroxylation is 1. The van der Waals surface area contributed by atoms with E-state index in [-0.39, 0.29) is 0 Å². The van der Waals surface area contributed by atoms with Crippen LogP contribution >= 0.6 is 11.8 Å². The first-order valence-corrected chi connectivity index (χ1v) is 8.83. The standard InChI is InChI=1S/C19H21N3S/c1-14(2)18-20-21-19(22(18)17-7-5-4-6-8-17)23-13-16-11-9-15(3)10-12-16/h4-12,14H,13H2,1-3H3. The molecule has 0 N–H and O–H groups in total. The number of benzene rings is 2. The average molecular weight is 323 g/mol. The molecule has 118 valence electrons. The molecular weight excluding hydrogens is 302 g/mol. The van der Waals surface area contributed by atoms with Gasteiger partial charge in [0.05, 0.1) is 0 Å². The van der Waals surface area contributed by atoms with E-state index < -0.39 is 0 Å². The smallest absolute Gasteiger partial charge is 0.196 e. The third-order valence-electron chi connectivity index (χ3n) is 3.68. The van der Waals surface area contributed by atoms with Gasteiger partial charge < -0.3 is 0 Å². The SMILES string of the molecule is Cc1ccc(CSc2nnc(C(C)C)n2-c2ccccc2)cc1. The number of para-hydroxylation sites is 1. The van der Waals surface area contributed by atoms with E-state index >= 15 is 0 Å². The third kappa shape index (κ3) is 3.64. The number of aromatic nitrogens is 3. The number of rotatable bonds is 5. The third-order valence-corrected chi connectivity index (χ3v) is 4.68. The lowest BCUT2D eigenvalue weighted by Crippen LogP contribution is -2.04. The highest BCUT2D eigenvalue weighted by atomic mass is 32.2. The van der Waals surface area contributed by atoms with Crippen molar-refractivity contribution in [2.45, 2.75) is 37.6 Å². The number of thioether (sulfide) groups is 1. The Labute approximate surface area is 141 Å². The highest BCUT2D eigenvalue weighted by Crippen LogP contribution is 2.27. The molecule has 0 radical (unpaired) electrons. The van der Waals surface area contributed by atoms with Gasteiger partial charge in [-0.15, -0.1) is 10.2 Å². The van der Waals surface area contributed by atoms with Crippen LogP contribution in [0.5, 0.6) is 0 Å². The Bertz CT molecular complexity index is 761. The quantitative estimate of drug-likeness (QED) is 0.620. The molecule has 3 rings (SSSR count). The lowest BCUT2D eigenvalue weighted by molar-refractivity contribution is 0.732. The zero-order valence-corrected chi connectivity index (χ0v) is 14.5. The Balaban J connectivity index is 1.89. The Morgan fingerprint density at radius 2 is 1.65 bits per heavy atom. The van der Waals surface area contributed by atoms with Gasteiger partial charge in [-0.3, -0.25) is 4.57 Å². The second-order valence-corrected chi connectivity index (χ2v) is 6.88. The van der Waals surface area contributed by atoms with Crippen LogP contribution in [0.1, 0.15) is 36.7 Å². The summed E-state index contributed by atoms with van der Waals surface area (Å²) in [6.45, 7) is 6.41. The lowest BCUT2D eigenvalue weighted by Gasteiger charge is -2.12. The summed E-state index contributed by atoms with van der Waals surface area (Å²) in [5.41, 5.74) is 3.70. The Kier molecular flexibility index (Phi) is 4.82. The molecule has 3 nitrogen and oxygen atoms in total. The predicted octanol–water partition coefficient (Wildman–Crippen LogP) is 4.99. The lowest BCUT2D eigenvalue weighted by atomic mass is 10.2. The van der Waals surface area contributed by atoms with Crippen LogP contribution < -0.4 is 0 Å². The van der Waals surface area contributed by atoms with Gasteiger partial charge in [0.2, 0.25) is 0 Å². The molecule has 0 atom stereocenters. The van der Waals surface area contributed by atoms with Crippen LogP contribution in [0.4, 0.5) is 0 Å². The van der Waals surface area contributed by atoms with Crippen molar-refractivity contribution in [1.82, 2.24) is 14.8 Å². The molecule has 1 aromatic heterocycles. The second-order valence-electron chi connectivity index (χ2n) is 5.94. The van der Waals surface area contributed by atoms with Gasteiger partial charge in [-0.2, -0.15) is 0 Å². The van der Waals surface area contributed by atoms with Crippen molar-refractivity contribution in [3.05, 3.63) is 71.5 Å². The Morgan fingerprint density at radius 1 is 0.957 bits per heavy atom. The fraction of sp³-hybridized carbons (Fsp3) is 0.263. The number of hydrogen-bond acceptors (Lipinski definition) is 3. The summed E-state index contributed by atoms with van der Waals surface area (Å²) in [5.74, 6) is 2.22. The van der Waals surface area contributed by atoms with Crippen molar-refractivity contribution in [3.8, 4) is 5.69 Å². The highest BCUT2D eigenvalue weighted by Gasteiger charge is 2.16. The van der Waals surface area contributed by atoms with Crippen molar-refractivity contribution >= 4 is 11.8 Å². The van der Waals surface area contributed by atoms with Crippen molar-refractivity contribution in [2.24, 2.45) is 0 Å². The maximum Gasteiger partial charge on any atom is 0.196 e. The molecule has 0 aliphatic carbocycles. The van der Waals surface area contributed by atoms with Gasteiger partial charge in [-0.25, -0.2) is 0 Å². The Morgan fingerprint density at radius 3 is 2.30 bits per heavy atom. The van der Waals surface area contributed by atoms with Crippen LogP contribution in [0.15, 0.2) is 59.8 Å². The number of nitrogens with zero attached hydrogens (tertiary/aromatic N) is 3. The van der Waals surface area contributed by atoms with Crippen LogP contribution in [-0.2, 0) is 5.75 Å². The van der Waals surface area contributed by atoms with Crippen molar-refractivity contribution in [3.63, 3.8) is 0 Å². The summed E-state index contributed by atoms with van der Waals surface area (Å²) >= 11 is 1.73. The van der Waals surface area contributed by atoms with Gasteiger partial charge in [0.25, 0.3) is 0 Å². The van der Waals surface area contributed by atoms with Crippen LogP contribution in [0.25, 0.3) is 5.69 Å². The minimum atomic E-state index is 0.330. The van der Waals surface area contributed by atoms with Crippen LogP contribution in [0, 0.1) is 6.92 Å². The molecule has 4 heteroatoms. The molecular formula is C19H21N3S. The second kappa shape index (κ2) is 7.01. The van der Waals surface area contributed by atoms with Gasteiger partial charge in [0.15, 0.2) is 5.16 Å². The minimum Gasteiger partial charge on any atom is -0.274 e. The van der Waals surface area contributed by atoms with E-state index in [9.17, 15) is 0 Å². The molecule has 1 heterocycles. The normalized spacial score (nSPS) is 11.1. The molecule has 0 amide bonds. The van der Waals surface area contributed by atoms with Crippen LogP contribution in [-0.4, -0.2) is 14.8 Å². The summed E-state index contributed by atoms with van der Waals surface area (Å²) in [4.78, 5) is 0. The molecule has 0 aliphatic rings. The highest BCUT2D eigenvalue weighted by molar-refractivity contribution is 7.98. The fourth-order valence-electron chi connectivity index (χ4n) is 2.40. The molecule has 0 aliphatic heterocycles. The maximum atomic E-state index is 4.42. The summed E-state index contributed by atoms with van der Waals surface area (Å²) in [6, 6.07) is 19.0. The molecule has 3 aromatic rings. The molecule has 0 unspecified atom stereocenters. The monoisotopic (exact) mass is 323 g/mol. The molecule has 23 heavy (non-hydrogen) atoms. The Hall–Kier alpha value is -2.07. The first kappa shape index (κ1) is 15.8. The van der Waals surface area contributed by atoms with E-state index in [2.05, 4.69) is 71.9 Å². The van der Waals surface area contributed by atoms with E-state index in [0.717, 1.165) is 22.4 Å². The molecule has 0 bridgehead atoms. The number of hydrogen-bond donors (Lipinski definition) is 0. The van der Waals surface area contributed by atoms with E-state index in [4.69, 9.17) is 0 Å². The molecule has 0 fully saturated rings. The van der Waals surface area contributed by atoms with E-state index in [1.165, 1.54) is 11.1 Å². The summed E-state index contributed by atoms with van der Waals surface area (Å²) in [7, 11) is 0. The van der Waals surface area contributed by atoms with Gasteiger partial charge in [0, 0.05) is 17.4 Å². The van der Waals surface area contributed by atoms with Gasteiger partial charge in [-0.05, 0) is 24.6 Å². The van der Waals surface area contributed by atoms with Crippen molar-refractivity contribution in [2.75, 3.05) is 0 Å². The zero-order chi connectivity index (χ0) is 16.2. The first-order valence-electron chi connectivity index (χ1n) is 7.84. The van der Waals surface area contributed by atoms with Crippen molar-refractivity contribution in [1.29, 1.82) is 0 Å². The average Bonchev–Trinajstić information content (AvgIpc) is 2.99. The first-order chi connectivity index (χ1) is 11.1. The van der Waals surface area contributed by atoms with Gasteiger partial charge >= 0.3 is 0 Å². The molecule has 0 spiro atoms. The van der Waals surface area contributed by atoms with Crippen LogP contribution in [0.2, 0.25) is 0 Å². The maximum absolute atomic E-state index is 4.42. The summed E-state index contributed by atoms with van der Waals surface area (Å²) in [5, 5.41) is 9.78. The minimum absolute atomic E-state index is 0.330. The van der Waals surface area contributed by atoms with Gasteiger partial charge in [-0.1, -0.05) is 73.6 Å².